The van der Waals surface area contributed by atoms with Crippen molar-refractivity contribution in [2.24, 2.45) is 11.3 Å². The highest BCUT2D eigenvalue weighted by molar-refractivity contribution is 7.98. The number of nitrogens with zero attached hydrogens (tertiary/aromatic N) is 2. The highest BCUT2D eigenvalue weighted by Gasteiger charge is 2.32. The molecule has 0 aliphatic heterocycles. The molecule has 1 aliphatic rings. The minimum absolute atomic E-state index is 0.117. The van der Waals surface area contributed by atoms with Gasteiger partial charge in [0.05, 0.1) is 11.9 Å². The molecular weight excluding hydrogens is 444 g/mol. The van der Waals surface area contributed by atoms with Crippen LogP contribution in [-0.2, 0) is 25.1 Å². The van der Waals surface area contributed by atoms with E-state index in [2.05, 4.69) is 57.2 Å². The summed E-state index contributed by atoms with van der Waals surface area (Å²) in [5.74, 6) is 1.45. The summed E-state index contributed by atoms with van der Waals surface area (Å²) in [7, 11) is 0. The summed E-state index contributed by atoms with van der Waals surface area (Å²) in [5.41, 5.74) is 4.02. The number of aromatic nitrogens is 2. The molecule has 0 bridgehead atoms. The van der Waals surface area contributed by atoms with Crippen LogP contribution < -0.4 is 5.56 Å². The van der Waals surface area contributed by atoms with Gasteiger partial charge in [0.15, 0.2) is 5.16 Å². The minimum atomic E-state index is 0.117. The summed E-state index contributed by atoms with van der Waals surface area (Å²) >= 11 is 3.40. The average molecular weight is 475 g/mol. The average Bonchev–Trinajstić information content (AvgIpc) is 3.18. The molecule has 2 heterocycles. The summed E-state index contributed by atoms with van der Waals surface area (Å²) in [5, 5.41) is 1.67. The molecule has 4 aromatic rings. The molecule has 2 aromatic heterocycles. The van der Waals surface area contributed by atoms with Crippen molar-refractivity contribution in [3.8, 4) is 0 Å². The van der Waals surface area contributed by atoms with E-state index in [1.54, 1.807) is 23.1 Å². The lowest BCUT2D eigenvalue weighted by Crippen LogP contribution is -2.27. The summed E-state index contributed by atoms with van der Waals surface area (Å²) in [6.07, 6.45) is 3.19. The predicted molar refractivity (Wildman–Crippen MR) is 140 cm³/mol. The Labute approximate surface area is 203 Å². The smallest absolute Gasteiger partial charge is 0.263 e. The molecule has 0 spiro atoms. The van der Waals surface area contributed by atoms with E-state index >= 15 is 0 Å². The largest absolute Gasteiger partial charge is 0.283 e. The van der Waals surface area contributed by atoms with E-state index in [-0.39, 0.29) is 11.0 Å². The zero-order chi connectivity index (χ0) is 23.0. The monoisotopic (exact) mass is 474 g/mol. The fraction of sp³-hybridized carbons (Fsp3) is 0.357. The van der Waals surface area contributed by atoms with Gasteiger partial charge in [0.1, 0.15) is 4.83 Å². The second-order valence-corrected chi connectivity index (χ2v) is 12.1. The number of benzene rings is 2. The van der Waals surface area contributed by atoms with Crippen LogP contribution >= 0.6 is 23.1 Å². The van der Waals surface area contributed by atoms with E-state index in [1.165, 1.54) is 16.0 Å². The van der Waals surface area contributed by atoms with Crippen LogP contribution in [0, 0.1) is 11.3 Å². The first-order valence-corrected chi connectivity index (χ1v) is 13.5. The first-order chi connectivity index (χ1) is 15.9. The number of thioether (sulfide) groups is 1. The quantitative estimate of drug-likeness (QED) is 0.232. The molecule has 1 aliphatic carbocycles. The van der Waals surface area contributed by atoms with E-state index in [9.17, 15) is 4.79 Å². The fourth-order valence-electron chi connectivity index (χ4n) is 4.72. The number of aryl methyl sites for hydroxylation is 1. The van der Waals surface area contributed by atoms with Crippen molar-refractivity contribution >= 4 is 33.3 Å². The van der Waals surface area contributed by atoms with Crippen molar-refractivity contribution in [1.82, 2.24) is 9.55 Å². The number of fused-ring (bicyclic) bond motifs is 3. The molecule has 0 amide bonds. The SMILES string of the molecule is CC(C)(C)[C@@H]1CCc2c(sc3nc(SCc4ccccc4)n(Cc4ccccc4)c(=O)c23)C1. The molecule has 0 N–H and O–H groups in total. The topological polar surface area (TPSA) is 34.9 Å². The van der Waals surface area contributed by atoms with Gasteiger partial charge in [-0.1, -0.05) is 93.2 Å². The van der Waals surface area contributed by atoms with Crippen molar-refractivity contribution in [1.29, 1.82) is 0 Å². The van der Waals surface area contributed by atoms with Crippen LogP contribution in [0.4, 0.5) is 0 Å². The lowest BCUT2D eigenvalue weighted by Gasteiger charge is -2.33. The summed E-state index contributed by atoms with van der Waals surface area (Å²) in [4.78, 5) is 21.3. The van der Waals surface area contributed by atoms with E-state index in [4.69, 9.17) is 4.98 Å². The number of thiophene rings is 1. The molecule has 170 valence electrons. The van der Waals surface area contributed by atoms with Crippen molar-refractivity contribution in [3.63, 3.8) is 0 Å². The Kier molecular flexibility index (Phi) is 6.19. The van der Waals surface area contributed by atoms with Crippen LogP contribution in [0.2, 0.25) is 0 Å². The van der Waals surface area contributed by atoms with Gasteiger partial charge in [-0.3, -0.25) is 9.36 Å². The molecule has 0 saturated heterocycles. The minimum Gasteiger partial charge on any atom is -0.283 e. The second-order valence-electron chi connectivity index (χ2n) is 10.0. The first-order valence-electron chi connectivity index (χ1n) is 11.7. The van der Waals surface area contributed by atoms with Gasteiger partial charge >= 0.3 is 0 Å². The highest BCUT2D eigenvalue weighted by Crippen LogP contribution is 2.42. The Morgan fingerprint density at radius 1 is 1.03 bits per heavy atom. The van der Waals surface area contributed by atoms with Crippen LogP contribution in [0.15, 0.2) is 70.6 Å². The zero-order valence-electron chi connectivity index (χ0n) is 19.5. The number of rotatable bonds is 5. The van der Waals surface area contributed by atoms with Gasteiger partial charge in [-0.15, -0.1) is 11.3 Å². The van der Waals surface area contributed by atoms with Crippen LogP contribution in [-0.4, -0.2) is 9.55 Å². The van der Waals surface area contributed by atoms with Crippen molar-refractivity contribution in [2.45, 2.75) is 57.5 Å². The fourth-order valence-corrected chi connectivity index (χ4v) is 7.01. The van der Waals surface area contributed by atoms with Crippen molar-refractivity contribution < 1.29 is 0 Å². The van der Waals surface area contributed by atoms with Crippen LogP contribution in [0.3, 0.4) is 0 Å². The van der Waals surface area contributed by atoms with E-state index < -0.39 is 0 Å². The molecule has 0 saturated carbocycles. The maximum absolute atomic E-state index is 13.9. The van der Waals surface area contributed by atoms with Gasteiger partial charge in [-0.2, -0.15) is 0 Å². The number of hydrogen-bond donors (Lipinski definition) is 0. The molecule has 0 unspecified atom stereocenters. The molecule has 1 atom stereocenters. The zero-order valence-corrected chi connectivity index (χ0v) is 21.1. The maximum Gasteiger partial charge on any atom is 0.263 e. The van der Waals surface area contributed by atoms with E-state index in [0.29, 0.717) is 12.5 Å². The lowest BCUT2D eigenvalue weighted by atomic mass is 9.72. The van der Waals surface area contributed by atoms with Gasteiger partial charge in [-0.25, -0.2) is 4.98 Å². The van der Waals surface area contributed by atoms with Gasteiger partial charge < -0.3 is 0 Å². The summed E-state index contributed by atoms with van der Waals surface area (Å²) in [6, 6.07) is 20.6. The Morgan fingerprint density at radius 2 is 1.70 bits per heavy atom. The van der Waals surface area contributed by atoms with E-state index in [1.807, 2.05) is 28.8 Å². The van der Waals surface area contributed by atoms with Gasteiger partial charge in [0.2, 0.25) is 0 Å². The molecule has 5 heteroatoms. The predicted octanol–water partition coefficient (Wildman–Crippen LogP) is 6.95. The van der Waals surface area contributed by atoms with Gasteiger partial charge in [-0.05, 0) is 47.3 Å². The van der Waals surface area contributed by atoms with Crippen molar-refractivity contribution in [3.05, 3.63) is 92.6 Å². The molecule has 0 fully saturated rings. The van der Waals surface area contributed by atoms with Crippen molar-refractivity contribution in [2.75, 3.05) is 0 Å². The lowest BCUT2D eigenvalue weighted by molar-refractivity contribution is 0.218. The molecule has 2 aromatic carbocycles. The standard InChI is InChI=1S/C28H30N2OS2/c1-28(2,3)21-14-15-22-23(16-21)33-25-24(22)26(31)30(17-19-10-6-4-7-11-19)27(29-25)32-18-20-12-8-5-9-13-20/h4-13,21H,14-18H2,1-3H3/t21-/m1/s1. The summed E-state index contributed by atoms with van der Waals surface area (Å²) < 4.78 is 1.90. The molecule has 3 nitrogen and oxygen atoms in total. The van der Waals surface area contributed by atoms with Gasteiger partial charge in [0.25, 0.3) is 5.56 Å². The first kappa shape index (κ1) is 22.4. The van der Waals surface area contributed by atoms with Crippen LogP contribution in [0.25, 0.3) is 10.2 Å². The Hall–Kier alpha value is -2.37. The third-order valence-electron chi connectivity index (χ3n) is 6.75. The summed E-state index contributed by atoms with van der Waals surface area (Å²) in [6.45, 7) is 7.55. The van der Waals surface area contributed by atoms with Gasteiger partial charge in [0, 0.05) is 10.6 Å². The third-order valence-corrected chi connectivity index (χ3v) is 8.95. The molecule has 33 heavy (non-hydrogen) atoms. The molecule has 5 rings (SSSR count). The maximum atomic E-state index is 13.9. The normalized spacial score (nSPS) is 16.2. The molecule has 0 radical (unpaired) electrons. The highest BCUT2D eigenvalue weighted by atomic mass is 32.2. The number of hydrogen-bond acceptors (Lipinski definition) is 4. The van der Waals surface area contributed by atoms with Crippen LogP contribution in [0.1, 0.15) is 48.8 Å². The second kappa shape index (κ2) is 9.11. The van der Waals surface area contributed by atoms with Crippen LogP contribution in [0.5, 0.6) is 0 Å². The third kappa shape index (κ3) is 4.67. The Morgan fingerprint density at radius 3 is 2.36 bits per heavy atom. The Bertz CT molecular complexity index is 1320. The van der Waals surface area contributed by atoms with E-state index in [0.717, 1.165) is 46.0 Å². The molecular formula is C28H30N2OS2. The Balaban J connectivity index is 1.58.